The van der Waals surface area contributed by atoms with Gasteiger partial charge in [0.2, 0.25) is 5.95 Å². The predicted molar refractivity (Wildman–Crippen MR) is 234 cm³/mol. The van der Waals surface area contributed by atoms with Gasteiger partial charge in [-0.1, -0.05) is 140 Å². The van der Waals surface area contributed by atoms with Crippen LogP contribution in [0.1, 0.15) is 0 Å². The first-order chi connectivity index (χ1) is 27.8. The minimum Gasteiger partial charge on any atom is -0.309 e. The Morgan fingerprint density at radius 1 is 0.339 bits per heavy atom. The van der Waals surface area contributed by atoms with Crippen molar-refractivity contribution in [1.29, 1.82) is 0 Å². The molecule has 0 atom stereocenters. The van der Waals surface area contributed by atoms with Crippen LogP contribution < -0.4 is 0 Å². The van der Waals surface area contributed by atoms with Gasteiger partial charge in [-0.15, -0.1) is 0 Å². The van der Waals surface area contributed by atoms with E-state index in [9.17, 15) is 0 Å². The monoisotopic (exact) mass is 712 g/mol. The fourth-order valence-electron chi connectivity index (χ4n) is 8.98. The van der Waals surface area contributed by atoms with Crippen LogP contribution in [-0.2, 0) is 0 Å². The van der Waals surface area contributed by atoms with E-state index < -0.39 is 0 Å². The van der Waals surface area contributed by atoms with Gasteiger partial charge in [0, 0.05) is 38.2 Å². The Hall–Kier alpha value is -7.56. The van der Waals surface area contributed by atoms with Gasteiger partial charge in [-0.25, -0.2) is 9.97 Å². The van der Waals surface area contributed by atoms with Crippen LogP contribution in [-0.4, -0.2) is 19.1 Å². The van der Waals surface area contributed by atoms with E-state index in [1.807, 2.05) is 0 Å². The molecule has 9 aromatic carbocycles. The van der Waals surface area contributed by atoms with Gasteiger partial charge in [0.1, 0.15) is 0 Å². The number of hydrogen-bond acceptors (Lipinski definition) is 2. The van der Waals surface area contributed by atoms with E-state index in [4.69, 9.17) is 9.97 Å². The third-order valence-corrected chi connectivity index (χ3v) is 11.5. The molecule has 12 rings (SSSR count). The van der Waals surface area contributed by atoms with Crippen molar-refractivity contribution in [2.24, 2.45) is 0 Å². The highest BCUT2D eigenvalue weighted by Gasteiger charge is 2.22. The number of aromatic nitrogens is 4. The second-order valence-electron chi connectivity index (χ2n) is 14.6. The van der Waals surface area contributed by atoms with E-state index >= 15 is 0 Å². The van der Waals surface area contributed by atoms with Crippen molar-refractivity contribution in [2.45, 2.75) is 0 Å². The fraction of sp³-hybridized carbons (Fsp3) is 0. The summed E-state index contributed by atoms with van der Waals surface area (Å²) in [5.74, 6) is 0.647. The van der Waals surface area contributed by atoms with Crippen LogP contribution in [0.2, 0.25) is 0 Å². The number of fused-ring (bicyclic) bond motifs is 10. The largest absolute Gasteiger partial charge is 0.309 e. The lowest BCUT2D eigenvalue weighted by atomic mass is 9.95. The van der Waals surface area contributed by atoms with Crippen molar-refractivity contribution in [2.75, 3.05) is 0 Å². The summed E-state index contributed by atoms with van der Waals surface area (Å²) in [5.41, 5.74) is 10.8. The lowest BCUT2D eigenvalue weighted by molar-refractivity contribution is 1.01. The summed E-state index contributed by atoms with van der Waals surface area (Å²) >= 11 is 0. The number of nitrogens with zero attached hydrogens (tertiary/aromatic N) is 4. The fourth-order valence-corrected chi connectivity index (χ4v) is 8.98. The summed E-state index contributed by atoms with van der Waals surface area (Å²) < 4.78 is 4.66. The molecule has 0 saturated carbocycles. The van der Waals surface area contributed by atoms with E-state index in [2.05, 4.69) is 203 Å². The Kier molecular flexibility index (Phi) is 6.60. The van der Waals surface area contributed by atoms with Gasteiger partial charge in [0.05, 0.1) is 33.3 Å². The quantitative estimate of drug-likeness (QED) is 0.182. The van der Waals surface area contributed by atoms with Crippen LogP contribution in [0, 0.1) is 0 Å². The summed E-state index contributed by atoms with van der Waals surface area (Å²) in [4.78, 5) is 11.0. The SMILES string of the molecule is c1ccc(-c2ccc3c(c2)c2cc4ccccc4cc2n3-c2nc(-c3cc4c(c5ccccc35)c3ccccc3n4-c3ccccc3)c3ccccc3n2)cc1. The molecule has 0 bridgehead atoms. The molecule has 0 radical (unpaired) electrons. The van der Waals surface area contributed by atoms with E-state index in [1.54, 1.807) is 0 Å². The summed E-state index contributed by atoms with van der Waals surface area (Å²) in [6.07, 6.45) is 0. The van der Waals surface area contributed by atoms with E-state index in [0.717, 1.165) is 49.8 Å². The first-order valence-corrected chi connectivity index (χ1v) is 19.1. The predicted octanol–water partition coefficient (Wildman–Crippen LogP) is 13.5. The lowest BCUT2D eigenvalue weighted by Gasteiger charge is -2.15. The molecular formula is C52H32N4. The number of para-hydroxylation sites is 3. The molecule has 3 aromatic heterocycles. The Bertz CT molecular complexity index is 3520. The van der Waals surface area contributed by atoms with Crippen molar-refractivity contribution in [3.8, 4) is 34.0 Å². The maximum absolute atomic E-state index is 5.63. The van der Waals surface area contributed by atoms with Crippen LogP contribution in [0.15, 0.2) is 194 Å². The van der Waals surface area contributed by atoms with Crippen LogP contribution in [0.3, 0.4) is 0 Å². The van der Waals surface area contributed by atoms with Crippen LogP contribution in [0.5, 0.6) is 0 Å². The van der Waals surface area contributed by atoms with Gasteiger partial charge in [0.25, 0.3) is 0 Å². The zero-order valence-electron chi connectivity index (χ0n) is 30.3. The molecular weight excluding hydrogens is 681 g/mol. The average Bonchev–Trinajstić information content (AvgIpc) is 3.77. The van der Waals surface area contributed by atoms with Gasteiger partial charge < -0.3 is 4.57 Å². The highest BCUT2D eigenvalue weighted by atomic mass is 15.2. The normalized spacial score (nSPS) is 11.9. The van der Waals surface area contributed by atoms with Crippen molar-refractivity contribution < 1.29 is 0 Å². The summed E-state index contributed by atoms with van der Waals surface area (Å²) in [5, 5.41) is 10.6. The summed E-state index contributed by atoms with van der Waals surface area (Å²) in [7, 11) is 0. The van der Waals surface area contributed by atoms with Gasteiger partial charge in [-0.2, -0.15) is 0 Å². The van der Waals surface area contributed by atoms with E-state index in [0.29, 0.717) is 5.95 Å². The topological polar surface area (TPSA) is 35.6 Å². The molecule has 0 saturated heterocycles. The molecule has 4 heteroatoms. The van der Waals surface area contributed by atoms with Crippen molar-refractivity contribution in [3.05, 3.63) is 194 Å². The lowest BCUT2D eigenvalue weighted by Crippen LogP contribution is -2.04. The molecule has 12 aromatic rings. The van der Waals surface area contributed by atoms with Crippen molar-refractivity contribution in [3.63, 3.8) is 0 Å². The zero-order valence-corrected chi connectivity index (χ0v) is 30.3. The molecule has 0 unspecified atom stereocenters. The summed E-state index contributed by atoms with van der Waals surface area (Å²) in [6, 6.07) is 69.6. The first-order valence-electron chi connectivity index (χ1n) is 19.1. The molecule has 0 N–H and O–H groups in total. The summed E-state index contributed by atoms with van der Waals surface area (Å²) in [6.45, 7) is 0. The number of rotatable bonds is 4. The third kappa shape index (κ3) is 4.53. The second-order valence-corrected chi connectivity index (χ2v) is 14.6. The third-order valence-electron chi connectivity index (χ3n) is 11.5. The number of benzene rings is 9. The number of hydrogen-bond donors (Lipinski definition) is 0. The van der Waals surface area contributed by atoms with Crippen molar-refractivity contribution in [1.82, 2.24) is 19.1 Å². The van der Waals surface area contributed by atoms with Gasteiger partial charge in [-0.3, -0.25) is 4.57 Å². The molecule has 0 spiro atoms. The Labute approximate surface area is 322 Å². The van der Waals surface area contributed by atoms with Gasteiger partial charge >= 0.3 is 0 Å². The standard InChI is InChI=1S/C52H32N4/c1-3-15-33(16-4-1)36-27-28-47-42(30-36)43-29-34-17-7-8-18-35(34)31-48(43)56(47)52-53-45-25-13-11-23-40(45)51(54-52)44-32-49-50(39-22-10-9-21-38(39)44)41-24-12-14-26-46(41)55(49)37-19-5-2-6-20-37/h1-32H. The highest BCUT2D eigenvalue weighted by molar-refractivity contribution is 6.25. The Morgan fingerprint density at radius 3 is 1.79 bits per heavy atom. The first kappa shape index (κ1) is 30.9. The van der Waals surface area contributed by atoms with Crippen LogP contribution in [0.25, 0.3) is 110 Å². The Morgan fingerprint density at radius 2 is 0.964 bits per heavy atom. The minimum absolute atomic E-state index is 0.647. The van der Waals surface area contributed by atoms with Crippen LogP contribution >= 0.6 is 0 Å². The maximum Gasteiger partial charge on any atom is 0.235 e. The second kappa shape index (κ2) is 12.0. The molecule has 0 aliphatic carbocycles. The molecule has 56 heavy (non-hydrogen) atoms. The smallest absolute Gasteiger partial charge is 0.235 e. The molecule has 0 amide bonds. The van der Waals surface area contributed by atoms with E-state index in [-0.39, 0.29) is 0 Å². The van der Waals surface area contributed by atoms with Gasteiger partial charge in [-0.05, 0) is 87.3 Å². The zero-order chi connectivity index (χ0) is 36.7. The highest BCUT2D eigenvalue weighted by Crippen LogP contribution is 2.43. The Balaban J connectivity index is 1.20. The molecule has 0 aliphatic heterocycles. The minimum atomic E-state index is 0.647. The van der Waals surface area contributed by atoms with Crippen LogP contribution in [0.4, 0.5) is 0 Å². The molecule has 0 aliphatic rings. The average molecular weight is 713 g/mol. The van der Waals surface area contributed by atoms with E-state index in [1.165, 1.54) is 54.3 Å². The molecule has 3 heterocycles. The molecule has 0 fully saturated rings. The van der Waals surface area contributed by atoms with Gasteiger partial charge in [0.15, 0.2) is 0 Å². The molecule has 260 valence electrons. The maximum atomic E-state index is 5.63. The van der Waals surface area contributed by atoms with Crippen molar-refractivity contribution >= 4 is 76.1 Å². The molecule has 4 nitrogen and oxygen atoms in total.